The maximum atomic E-state index is 12.6. The second-order valence-electron chi connectivity index (χ2n) is 7.22. The lowest BCUT2D eigenvalue weighted by Gasteiger charge is -2.17. The molecule has 1 N–H and O–H groups in total. The van der Waals surface area contributed by atoms with Crippen molar-refractivity contribution in [1.82, 2.24) is 4.90 Å². The first kappa shape index (κ1) is 23.9. The number of likely N-dealkylation sites (N-methyl/N-ethyl adjacent to an activating group) is 1. The first-order chi connectivity index (χ1) is 14.3. The molecule has 0 spiro atoms. The van der Waals surface area contributed by atoms with Crippen LogP contribution in [0, 0.1) is 0 Å². The topological polar surface area (TPSA) is 75.7 Å². The molecule has 0 fully saturated rings. The van der Waals surface area contributed by atoms with Gasteiger partial charge in [-0.1, -0.05) is 39.8 Å². The van der Waals surface area contributed by atoms with Crippen LogP contribution in [-0.4, -0.2) is 45.5 Å². The molecule has 0 heterocycles. The average molecular weight is 433 g/mol. The van der Waals surface area contributed by atoms with Crippen molar-refractivity contribution in [1.29, 1.82) is 0 Å². The first-order valence-corrected chi connectivity index (χ1v) is 11.9. The van der Waals surface area contributed by atoms with E-state index in [0.29, 0.717) is 30.3 Å². The summed E-state index contributed by atoms with van der Waals surface area (Å²) in [6.45, 7) is 11.1. The van der Waals surface area contributed by atoms with E-state index in [1.54, 1.807) is 36.4 Å². The average Bonchev–Trinajstić information content (AvgIpc) is 2.76. The number of rotatable bonds is 11. The van der Waals surface area contributed by atoms with Crippen LogP contribution >= 0.6 is 0 Å². The molecule has 0 aliphatic rings. The van der Waals surface area contributed by atoms with Gasteiger partial charge in [0.2, 0.25) is 0 Å². The largest absolute Gasteiger partial charge is 0.461 e. The third-order valence-electron chi connectivity index (χ3n) is 5.28. The molecule has 0 saturated carbocycles. The SMILES string of the molecule is CCC(C)c1ccc(S(=O)(=O)Nc2ccc(C(=O)OCCN(CC)CC)cc2)cc1. The minimum absolute atomic E-state index is 0.203. The third kappa shape index (κ3) is 6.57. The molecular weight excluding hydrogens is 400 g/mol. The summed E-state index contributed by atoms with van der Waals surface area (Å²) in [5.41, 5.74) is 1.89. The minimum Gasteiger partial charge on any atom is -0.461 e. The van der Waals surface area contributed by atoms with Crippen LogP contribution < -0.4 is 4.72 Å². The molecule has 0 aliphatic carbocycles. The van der Waals surface area contributed by atoms with E-state index in [9.17, 15) is 13.2 Å². The van der Waals surface area contributed by atoms with Crippen LogP contribution in [0.1, 0.15) is 56.0 Å². The highest BCUT2D eigenvalue weighted by molar-refractivity contribution is 7.92. The van der Waals surface area contributed by atoms with E-state index in [4.69, 9.17) is 4.74 Å². The summed E-state index contributed by atoms with van der Waals surface area (Å²) < 4.78 is 33.1. The summed E-state index contributed by atoms with van der Waals surface area (Å²) in [7, 11) is -3.70. The van der Waals surface area contributed by atoms with Gasteiger partial charge in [-0.05, 0) is 67.4 Å². The second kappa shape index (κ2) is 11.1. The molecule has 164 valence electrons. The third-order valence-corrected chi connectivity index (χ3v) is 6.68. The van der Waals surface area contributed by atoms with E-state index >= 15 is 0 Å². The number of hydrogen-bond donors (Lipinski definition) is 1. The number of benzene rings is 2. The highest BCUT2D eigenvalue weighted by Crippen LogP contribution is 2.22. The molecule has 0 amide bonds. The molecule has 0 aliphatic heterocycles. The van der Waals surface area contributed by atoms with Crippen LogP contribution in [0.5, 0.6) is 0 Å². The maximum Gasteiger partial charge on any atom is 0.338 e. The van der Waals surface area contributed by atoms with Gasteiger partial charge < -0.3 is 9.64 Å². The Bertz CT molecular complexity index is 905. The van der Waals surface area contributed by atoms with Gasteiger partial charge in [0, 0.05) is 12.2 Å². The minimum atomic E-state index is -3.70. The van der Waals surface area contributed by atoms with E-state index in [2.05, 4.69) is 37.3 Å². The molecule has 0 saturated heterocycles. The number of nitrogens with one attached hydrogen (secondary N) is 1. The van der Waals surface area contributed by atoms with Gasteiger partial charge in [0.25, 0.3) is 10.0 Å². The van der Waals surface area contributed by atoms with Gasteiger partial charge in [-0.15, -0.1) is 0 Å². The van der Waals surface area contributed by atoms with Gasteiger partial charge in [-0.3, -0.25) is 4.72 Å². The van der Waals surface area contributed by atoms with E-state index < -0.39 is 16.0 Å². The number of hydrogen-bond acceptors (Lipinski definition) is 5. The standard InChI is InChI=1S/C23H32N2O4S/c1-5-18(4)19-10-14-22(15-11-19)30(27,28)24-21-12-8-20(9-13-21)23(26)29-17-16-25(6-2)7-3/h8-15,18,24H,5-7,16-17H2,1-4H3. The van der Waals surface area contributed by atoms with Crippen LogP contribution in [-0.2, 0) is 14.8 Å². The number of esters is 1. The predicted molar refractivity (Wildman–Crippen MR) is 120 cm³/mol. The van der Waals surface area contributed by atoms with Crippen molar-refractivity contribution in [3.63, 3.8) is 0 Å². The lowest BCUT2D eigenvalue weighted by molar-refractivity contribution is 0.0466. The number of ether oxygens (including phenoxy) is 1. The molecule has 7 heteroatoms. The summed E-state index contributed by atoms with van der Waals surface area (Å²) >= 11 is 0. The fourth-order valence-corrected chi connectivity index (χ4v) is 4.05. The van der Waals surface area contributed by atoms with Crippen LogP contribution in [0.2, 0.25) is 0 Å². The van der Waals surface area contributed by atoms with Crippen molar-refractivity contribution in [2.45, 2.75) is 44.9 Å². The Balaban J connectivity index is 1.98. The Morgan fingerprint density at radius 1 is 1.00 bits per heavy atom. The van der Waals surface area contributed by atoms with Crippen LogP contribution in [0.15, 0.2) is 53.4 Å². The number of anilines is 1. The lowest BCUT2D eigenvalue weighted by atomic mass is 9.99. The maximum absolute atomic E-state index is 12.6. The summed E-state index contributed by atoms with van der Waals surface area (Å²) in [5.74, 6) is -0.0359. The zero-order chi connectivity index (χ0) is 22.1. The van der Waals surface area contributed by atoms with E-state index in [-0.39, 0.29) is 4.90 Å². The zero-order valence-electron chi connectivity index (χ0n) is 18.2. The van der Waals surface area contributed by atoms with Crippen molar-refractivity contribution in [3.8, 4) is 0 Å². The summed E-state index contributed by atoms with van der Waals surface area (Å²) in [5, 5.41) is 0. The highest BCUT2D eigenvalue weighted by atomic mass is 32.2. The summed E-state index contributed by atoms with van der Waals surface area (Å²) in [6, 6.07) is 13.2. The lowest BCUT2D eigenvalue weighted by Crippen LogP contribution is -2.27. The van der Waals surface area contributed by atoms with Crippen LogP contribution in [0.3, 0.4) is 0 Å². The molecule has 1 atom stereocenters. The molecule has 0 bridgehead atoms. The van der Waals surface area contributed by atoms with Crippen molar-refractivity contribution >= 4 is 21.7 Å². The Morgan fingerprint density at radius 2 is 1.60 bits per heavy atom. The molecule has 0 aromatic heterocycles. The van der Waals surface area contributed by atoms with Gasteiger partial charge in [-0.2, -0.15) is 0 Å². The number of nitrogens with zero attached hydrogens (tertiary/aromatic N) is 1. The van der Waals surface area contributed by atoms with Crippen molar-refractivity contribution in [2.24, 2.45) is 0 Å². The fourth-order valence-electron chi connectivity index (χ4n) is 2.99. The first-order valence-electron chi connectivity index (χ1n) is 10.4. The van der Waals surface area contributed by atoms with Gasteiger partial charge in [0.15, 0.2) is 0 Å². The van der Waals surface area contributed by atoms with Gasteiger partial charge in [0.1, 0.15) is 6.61 Å². The van der Waals surface area contributed by atoms with E-state index in [0.717, 1.165) is 25.1 Å². The summed E-state index contributed by atoms with van der Waals surface area (Å²) in [6.07, 6.45) is 0.995. The number of carbonyl (C=O) groups is 1. The summed E-state index contributed by atoms with van der Waals surface area (Å²) in [4.78, 5) is 14.5. The van der Waals surface area contributed by atoms with Crippen molar-refractivity contribution < 1.29 is 17.9 Å². The molecule has 30 heavy (non-hydrogen) atoms. The van der Waals surface area contributed by atoms with Gasteiger partial charge in [0.05, 0.1) is 10.5 Å². The predicted octanol–water partition coefficient (Wildman–Crippen LogP) is 4.50. The Kier molecular flexibility index (Phi) is 8.87. The Hall–Kier alpha value is -2.38. The van der Waals surface area contributed by atoms with Gasteiger partial charge >= 0.3 is 5.97 Å². The monoisotopic (exact) mass is 432 g/mol. The highest BCUT2D eigenvalue weighted by Gasteiger charge is 2.15. The van der Waals surface area contributed by atoms with Crippen molar-refractivity contribution in [3.05, 3.63) is 59.7 Å². The van der Waals surface area contributed by atoms with Crippen LogP contribution in [0.4, 0.5) is 5.69 Å². The second-order valence-corrected chi connectivity index (χ2v) is 8.91. The number of sulfonamides is 1. The zero-order valence-corrected chi connectivity index (χ0v) is 19.0. The Labute approximate surface area is 180 Å². The molecule has 6 nitrogen and oxygen atoms in total. The van der Waals surface area contributed by atoms with Crippen LogP contribution in [0.25, 0.3) is 0 Å². The smallest absolute Gasteiger partial charge is 0.338 e. The molecule has 2 rings (SSSR count). The molecule has 2 aromatic carbocycles. The van der Waals surface area contributed by atoms with E-state index in [1.165, 1.54) is 0 Å². The normalized spacial score (nSPS) is 12.6. The van der Waals surface area contributed by atoms with Crippen molar-refractivity contribution in [2.75, 3.05) is 31.0 Å². The molecular formula is C23H32N2O4S. The Morgan fingerprint density at radius 3 is 2.13 bits per heavy atom. The number of carbonyl (C=O) groups excluding carboxylic acids is 1. The fraction of sp³-hybridized carbons (Fsp3) is 0.435. The van der Waals surface area contributed by atoms with Gasteiger partial charge in [-0.25, -0.2) is 13.2 Å². The molecule has 0 radical (unpaired) electrons. The quantitative estimate of drug-likeness (QED) is 0.529. The molecule has 1 unspecified atom stereocenters. The van der Waals surface area contributed by atoms with E-state index in [1.807, 2.05) is 12.1 Å². The molecule has 2 aromatic rings.